The molecule has 1 heterocycles. The van der Waals surface area contributed by atoms with E-state index in [4.69, 9.17) is 6.57 Å². The van der Waals surface area contributed by atoms with Gasteiger partial charge in [0.05, 0.1) is 6.54 Å². The highest BCUT2D eigenvalue weighted by atomic mass is 35.5. The van der Waals surface area contributed by atoms with Gasteiger partial charge in [0, 0.05) is 19.0 Å². The van der Waals surface area contributed by atoms with E-state index in [0.717, 1.165) is 19.4 Å². The third kappa shape index (κ3) is 3.08. The van der Waals surface area contributed by atoms with Crippen LogP contribution in [0.25, 0.3) is 4.85 Å². The van der Waals surface area contributed by atoms with Gasteiger partial charge in [0.25, 0.3) is 0 Å². The molecule has 0 radical (unpaired) electrons. The minimum Gasteiger partial charge on any atom is -0.306 e. The zero-order valence-electron chi connectivity index (χ0n) is 8.61. The van der Waals surface area contributed by atoms with Gasteiger partial charge in [-0.2, -0.15) is 0 Å². The van der Waals surface area contributed by atoms with E-state index in [1.165, 1.54) is 12.8 Å². The van der Waals surface area contributed by atoms with E-state index in [0.29, 0.717) is 12.6 Å². The highest BCUT2D eigenvalue weighted by Gasteiger charge is 2.33. The second-order valence-corrected chi connectivity index (χ2v) is 3.99. The maximum Gasteiger partial charge on any atom is 0.300 e. The summed E-state index contributed by atoms with van der Waals surface area (Å²) in [7, 11) is 0. The van der Waals surface area contributed by atoms with Crippen molar-refractivity contribution in [2.24, 2.45) is 0 Å². The molecule has 0 bridgehead atoms. The maximum atomic E-state index is 11.7. The summed E-state index contributed by atoms with van der Waals surface area (Å²) >= 11 is 0. The lowest BCUT2D eigenvalue weighted by Gasteiger charge is -2.16. The van der Waals surface area contributed by atoms with Crippen molar-refractivity contribution in [3.8, 4) is 0 Å². The Balaban J connectivity index is 0.00000112. The Morgan fingerprint density at radius 3 is 2.80 bits per heavy atom. The molecule has 1 amide bonds. The molecule has 4 nitrogen and oxygen atoms in total. The summed E-state index contributed by atoms with van der Waals surface area (Å²) in [6.45, 7) is 8.14. The number of rotatable bonds is 3. The Bertz CT molecular complexity index is 272. The van der Waals surface area contributed by atoms with Gasteiger partial charge in [-0.3, -0.25) is 14.5 Å². The van der Waals surface area contributed by atoms with Crippen molar-refractivity contribution in [1.29, 1.82) is 0 Å². The monoisotopic (exact) mass is 229 g/mol. The van der Waals surface area contributed by atoms with Crippen molar-refractivity contribution in [1.82, 2.24) is 10.2 Å². The number of amides is 1. The minimum absolute atomic E-state index is 0. The van der Waals surface area contributed by atoms with Crippen LogP contribution in [0, 0.1) is 6.57 Å². The molecule has 1 saturated heterocycles. The number of hydrogen-bond acceptors (Lipinski definition) is 2. The fraction of sp³-hybridized carbons (Fsp3) is 0.800. The summed E-state index contributed by atoms with van der Waals surface area (Å²) in [5.74, 6) is 0.0930. The van der Waals surface area contributed by atoms with Gasteiger partial charge in [-0.15, -0.1) is 12.4 Å². The van der Waals surface area contributed by atoms with Crippen molar-refractivity contribution in [2.75, 3.05) is 13.1 Å². The summed E-state index contributed by atoms with van der Waals surface area (Å²) in [5.41, 5.74) is 0. The molecule has 1 aliphatic carbocycles. The van der Waals surface area contributed by atoms with Gasteiger partial charge in [-0.1, -0.05) is 0 Å². The Morgan fingerprint density at radius 2 is 2.20 bits per heavy atom. The first-order valence-corrected chi connectivity index (χ1v) is 5.20. The molecule has 5 heteroatoms. The van der Waals surface area contributed by atoms with E-state index in [2.05, 4.69) is 10.2 Å². The van der Waals surface area contributed by atoms with E-state index < -0.39 is 0 Å². The van der Waals surface area contributed by atoms with E-state index in [9.17, 15) is 4.79 Å². The van der Waals surface area contributed by atoms with Crippen molar-refractivity contribution in [2.45, 2.75) is 37.9 Å². The van der Waals surface area contributed by atoms with Crippen LogP contribution in [0.2, 0.25) is 0 Å². The van der Waals surface area contributed by atoms with Crippen molar-refractivity contribution in [3.63, 3.8) is 0 Å². The van der Waals surface area contributed by atoms with Crippen LogP contribution in [0.1, 0.15) is 25.7 Å². The van der Waals surface area contributed by atoms with Gasteiger partial charge < -0.3 is 5.32 Å². The number of nitrogens with zero attached hydrogens (tertiary/aromatic N) is 2. The molecular formula is C10H16ClN3O. The lowest BCUT2D eigenvalue weighted by Crippen LogP contribution is -2.40. The van der Waals surface area contributed by atoms with Crippen LogP contribution >= 0.6 is 12.4 Å². The van der Waals surface area contributed by atoms with Gasteiger partial charge in [0.2, 0.25) is 5.91 Å². The molecule has 0 spiro atoms. The second-order valence-electron chi connectivity index (χ2n) is 3.99. The van der Waals surface area contributed by atoms with Crippen LogP contribution < -0.4 is 5.32 Å². The molecule has 15 heavy (non-hydrogen) atoms. The van der Waals surface area contributed by atoms with Crippen LogP contribution in [0.3, 0.4) is 0 Å². The quantitative estimate of drug-likeness (QED) is 0.734. The second kappa shape index (κ2) is 5.34. The van der Waals surface area contributed by atoms with Crippen molar-refractivity contribution in [3.05, 3.63) is 11.4 Å². The summed E-state index contributed by atoms with van der Waals surface area (Å²) in [6, 6.07) is 0.563. The molecule has 0 aromatic carbocycles. The molecule has 0 unspecified atom stereocenters. The van der Waals surface area contributed by atoms with Gasteiger partial charge in [0.1, 0.15) is 0 Å². The molecular weight excluding hydrogens is 214 g/mol. The average Bonchev–Trinajstić information content (AvgIpc) is 2.90. The predicted octanol–water partition coefficient (Wildman–Crippen LogP) is 1.03. The fourth-order valence-corrected chi connectivity index (χ4v) is 1.79. The molecule has 2 aliphatic rings. The number of likely N-dealkylation sites (tertiary alicyclic amines) is 1. The maximum absolute atomic E-state index is 11.7. The highest BCUT2D eigenvalue weighted by molar-refractivity contribution is 5.85. The van der Waals surface area contributed by atoms with E-state index >= 15 is 0 Å². The molecule has 0 aromatic heterocycles. The summed E-state index contributed by atoms with van der Waals surface area (Å²) in [4.78, 5) is 16.8. The fourth-order valence-electron chi connectivity index (χ4n) is 1.79. The van der Waals surface area contributed by atoms with E-state index in [1.54, 1.807) is 4.90 Å². The number of carbonyl (C=O) groups excluding carboxylic acids is 1. The van der Waals surface area contributed by atoms with Crippen molar-refractivity contribution >= 4 is 18.3 Å². The standard InChI is InChI=1S/C10H15N3O.ClH/c1-11-9-3-2-6-13(9)10(14)7-12-8-4-5-8;/h8-9,12H,2-7H2;1H/t9-;/m0./s1. The molecule has 84 valence electrons. The Labute approximate surface area is 96.2 Å². The number of halogens is 1. The molecule has 2 rings (SSSR count). The topological polar surface area (TPSA) is 36.7 Å². The SMILES string of the molecule is Cl.[C-]#[N+][C@@H]1CCCN1C(=O)CNC1CC1. The number of nitrogens with one attached hydrogen (secondary N) is 1. The Morgan fingerprint density at radius 1 is 1.47 bits per heavy atom. The van der Waals surface area contributed by atoms with E-state index in [-0.39, 0.29) is 24.5 Å². The lowest BCUT2D eigenvalue weighted by atomic mass is 10.3. The van der Waals surface area contributed by atoms with Gasteiger partial charge >= 0.3 is 6.17 Å². The minimum atomic E-state index is -0.191. The summed E-state index contributed by atoms with van der Waals surface area (Å²) in [6.07, 6.45) is 4.02. The Kier molecular flexibility index (Phi) is 4.37. The summed E-state index contributed by atoms with van der Waals surface area (Å²) < 4.78 is 0. The molecule has 2 fully saturated rings. The molecule has 0 aromatic rings. The lowest BCUT2D eigenvalue weighted by molar-refractivity contribution is -0.130. The predicted molar refractivity (Wildman–Crippen MR) is 59.6 cm³/mol. The normalized spacial score (nSPS) is 24.5. The zero-order chi connectivity index (χ0) is 9.97. The zero-order valence-corrected chi connectivity index (χ0v) is 9.42. The first kappa shape index (κ1) is 12.3. The number of carbonyl (C=O) groups is 1. The summed E-state index contributed by atoms with van der Waals surface area (Å²) in [5, 5.41) is 3.18. The average molecular weight is 230 g/mol. The van der Waals surface area contributed by atoms with E-state index in [1.807, 2.05) is 0 Å². The first-order valence-electron chi connectivity index (χ1n) is 5.20. The third-order valence-corrected chi connectivity index (χ3v) is 2.81. The molecule has 1 N–H and O–H groups in total. The van der Waals surface area contributed by atoms with Crippen LogP contribution in [-0.4, -0.2) is 36.1 Å². The van der Waals surface area contributed by atoms with Crippen LogP contribution in [0.5, 0.6) is 0 Å². The molecule has 1 atom stereocenters. The van der Waals surface area contributed by atoms with Gasteiger partial charge in [-0.25, -0.2) is 6.57 Å². The first-order chi connectivity index (χ1) is 6.81. The molecule has 1 saturated carbocycles. The van der Waals surface area contributed by atoms with Crippen LogP contribution in [0.15, 0.2) is 0 Å². The smallest absolute Gasteiger partial charge is 0.300 e. The van der Waals surface area contributed by atoms with Gasteiger partial charge in [0.15, 0.2) is 0 Å². The van der Waals surface area contributed by atoms with Crippen LogP contribution in [0.4, 0.5) is 0 Å². The molecule has 1 aliphatic heterocycles. The highest BCUT2D eigenvalue weighted by Crippen LogP contribution is 2.20. The van der Waals surface area contributed by atoms with Gasteiger partial charge in [-0.05, 0) is 19.3 Å². The Hall–Kier alpha value is -0.790. The van der Waals surface area contributed by atoms with Crippen LogP contribution in [-0.2, 0) is 4.79 Å². The third-order valence-electron chi connectivity index (χ3n) is 2.81. The van der Waals surface area contributed by atoms with Crippen molar-refractivity contribution < 1.29 is 4.79 Å². The number of hydrogen-bond donors (Lipinski definition) is 1. The largest absolute Gasteiger partial charge is 0.306 e.